The zero-order chi connectivity index (χ0) is 20.0. The van der Waals surface area contributed by atoms with Crippen LogP contribution < -0.4 is 10.6 Å². The Labute approximate surface area is 164 Å². The second-order valence-corrected chi connectivity index (χ2v) is 7.95. The Balaban J connectivity index is 1.86. The molecular formula is C19H28ClF3N4. The second-order valence-electron chi connectivity index (χ2n) is 7.54. The summed E-state index contributed by atoms with van der Waals surface area (Å²) in [5.41, 5.74) is 0.525. The highest BCUT2D eigenvalue weighted by atomic mass is 35.5. The van der Waals surface area contributed by atoms with E-state index >= 15 is 0 Å². The molecule has 2 rings (SSSR count). The maximum atomic E-state index is 13.3. The fourth-order valence-electron chi connectivity index (χ4n) is 3.28. The summed E-state index contributed by atoms with van der Waals surface area (Å²) in [4.78, 5) is 6.04. The van der Waals surface area contributed by atoms with Crippen molar-refractivity contribution in [3.05, 3.63) is 34.6 Å². The Kier molecular flexibility index (Phi) is 7.79. The number of nitrogens with zero attached hydrogens (tertiary/aromatic N) is 2. The van der Waals surface area contributed by atoms with Crippen LogP contribution >= 0.6 is 11.6 Å². The largest absolute Gasteiger partial charge is 0.356 e. The van der Waals surface area contributed by atoms with E-state index < -0.39 is 6.43 Å². The predicted molar refractivity (Wildman–Crippen MR) is 104 cm³/mol. The van der Waals surface area contributed by atoms with Gasteiger partial charge in [0.25, 0.3) is 6.43 Å². The first kappa shape index (κ1) is 21.8. The van der Waals surface area contributed by atoms with E-state index in [2.05, 4.69) is 15.6 Å². The number of alkyl halides is 2. The highest BCUT2D eigenvalue weighted by molar-refractivity contribution is 6.31. The molecule has 0 aliphatic carbocycles. The van der Waals surface area contributed by atoms with Crippen LogP contribution in [0.25, 0.3) is 0 Å². The molecule has 1 saturated heterocycles. The molecule has 1 aromatic rings. The Bertz CT molecular complexity index is 644. The Hall–Kier alpha value is -1.47. The maximum Gasteiger partial charge on any atom is 0.251 e. The molecule has 0 bridgehead atoms. The van der Waals surface area contributed by atoms with Crippen molar-refractivity contribution in [1.82, 2.24) is 15.5 Å². The molecule has 0 saturated carbocycles. The molecule has 0 unspecified atom stereocenters. The summed E-state index contributed by atoms with van der Waals surface area (Å²) < 4.78 is 38.2. The highest BCUT2D eigenvalue weighted by Gasteiger charge is 2.25. The Morgan fingerprint density at radius 2 is 2.00 bits per heavy atom. The van der Waals surface area contributed by atoms with Gasteiger partial charge >= 0.3 is 0 Å². The third-order valence-electron chi connectivity index (χ3n) is 4.91. The minimum Gasteiger partial charge on any atom is -0.356 e. The van der Waals surface area contributed by atoms with Crippen LogP contribution in [-0.4, -0.2) is 56.6 Å². The lowest BCUT2D eigenvalue weighted by atomic mass is 9.84. The normalized spacial score (nSPS) is 17.4. The predicted octanol–water partition coefficient (Wildman–Crippen LogP) is 3.65. The van der Waals surface area contributed by atoms with Crippen molar-refractivity contribution >= 4 is 17.6 Å². The van der Waals surface area contributed by atoms with Crippen LogP contribution in [0.15, 0.2) is 23.2 Å². The van der Waals surface area contributed by atoms with Crippen LogP contribution in [-0.2, 0) is 5.41 Å². The monoisotopic (exact) mass is 404 g/mol. The topological polar surface area (TPSA) is 39.7 Å². The van der Waals surface area contributed by atoms with Gasteiger partial charge in [0.1, 0.15) is 5.82 Å². The number of aliphatic imine (C=N–C) groups is 1. The van der Waals surface area contributed by atoms with Crippen molar-refractivity contribution in [2.24, 2.45) is 4.99 Å². The SMILES string of the molecule is CN=C(NCC(C)(C)c1ccc(F)cc1Cl)NC1CCN(CC(F)F)CC1. The van der Waals surface area contributed by atoms with Crippen LogP contribution in [0.4, 0.5) is 13.2 Å². The van der Waals surface area contributed by atoms with Crippen molar-refractivity contribution in [3.63, 3.8) is 0 Å². The molecule has 0 aromatic heterocycles. The van der Waals surface area contributed by atoms with E-state index in [4.69, 9.17) is 11.6 Å². The molecule has 152 valence electrons. The lowest BCUT2D eigenvalue weighted by Gasteiger charge is -2.33. The summed E-state index contributed by atoms with van der Waals surface area (Å²) in [5, 5.41) is 7.05. The average Bonchev–Trinajstić information content (AvgIpc) is 2.59. The molecule has 1 fully saturated rings. The van der Waals surface area contributed by atoms with Crippen molar-refractivity contribution < 1.29 is 13.2 Å². The van der Waals surface area contributed by atoms with Gasteiger partial charge in [-0.25, -0.2) is 13.2 Å². The number of piperidine rings is 1. The standard InChI is InChI=1S/C19H28ClF3N4/c1-19(2,15-5-4-13(21)10-16(15)20)12-25-18(24-3)26-14-6-8-27(9-7-14)11-17(22)23/h4-5,10,14,17H,6-9,11-12H2,1-3H3,(H2,24,25,26). The molecule has 2 N–H and O–H groups in total. The molecule has 27 heavy (non-hydrogen) atoms. The summed E-state index contributed by atoms with van der Waals surface area (Å²) in [6.07, 6.45) is -0.703. The van der Waals surface area contributed by atoms with E-state index in [1.807, 2.05) is 13.8 Å². The van der Waals surface area contributed by atoms with E-state index in [0.717, 1.165) is 18.4 Å². The van der Waals surface area contributed by atoms with Gasteiger partial charge in [0, 0.05) is 43.2 Å². The second kappa shape index (κ2) is 9.64. The average molecular weight is 405 g/mol. The number of nitrogens with one attached hydrogen (secondary N) is 2. The molecule has 0 spiro atoms. The Morgan fingerprint density at radius 3 is 2.56 bits per heavy atom. The smallest absolute Gasteiger partial charge is 0.251 e. The first-order chi connectivity index (χ1) is 12.7. The number of hydrogen-bond donors (Lipinski definition) is 2. The molecule has 0 atom stereocenters. The minimum absolute atomic E-state index is 0.160. The van der Waals surface area contributed by atoms with Gasteiger partial charge in [0.05, 0.1) is 6.54 Å². The van der Waals surface area contributed by atoms with Gasteiger partial charge in [-0.15, -0.1) is 0 Å². The van der Waals surface area contributed by atoms with Crippen molar-refractivity contribution in [2.45, 2.75) is 44.6 Å². The fourth-order valence-corrected chi connectivity index (χ4v) is 3.70. The molecule has 1 aliphatic heterocycles. The van der Waals surface area contributed by atoms with Crippen LogP contribution in [0.1, 0.15) is 32.3 Å². The van der Waals surface area contributed by atoms with Crippen molar-refractivity contribution in [2.75, 3.05) is 33.2 Å². The summed E-state index contributed by atoms with van der Waals surface area (Å²) in [6.45, 7) is 5.74. The summed E-state index contributed by atoms with van der Waals surface area (Å²) in [7, 11) is 1.69. The first-order valence-corrected chi connectivity index (χ1v) is 9.52. The fraction of sp³-hybridized carbons (Fsp3) is 0.632. The lowest BCUT2D eigenvalue weighted by Crippen LogP contribution is -2.51. The van der Waals surface area contributed by atoms with Crippen molar-refractivity contribution in [1.29, 1.82) is 0 Å². The third kappa shape index (κ3) is 6.57. The summed E-state index contributed by atoms with van der Waals surface area (Å²) in [6, 6.07) is 4.62. The minimum atomic E-state index is -2.29. The van der Waals surface area contributed by atoms with E-state index in [0.29, 0.717) is 30.6 Å². The van der Waals surface area contributed by atoms with Gasteiger partial charge in [0.2, 0.25) is 0 Å². The number of guanidine groups is 1. The molecule has 0 amide bonds. The first-order valence-electron chi connectivity index (χ1n) is 9.14. The van der Waals surface area contributed by atoms with E-state index in [9.17, 15) is 13.2 Å². The van der Waals surface area contributed by atoms with Crippen molar-refractivity contribution in [3.8, 4) is 0 Å². The van der Waals surface area contributed by atoms with Crippen LogP contribution in [0.2, 0.25) is 5.02 Å². The molecule has 1 heterocycles. The number of halogens is 4. The molecule has 8 heteroatoms. The highest BCUT2D eigenvalue weighted by Crippen LogP contribution is 2.29. The quantitative estimate of drug-likeness (QED) is 0.561. The van der Waals surface area contributed by atoms with Gasteiger partial charge in [0.15, 0.2) is 5.96 Å². The lowest BCUT2D eigenvalue weighted by molar-refractivity contribution is 0.0744. The molecule has 4 nitrogen and oxygen atoms in total. The molecule has 1 aliphatic rings. The zero-order valence-electron chi connectivity index (χ0n) is 16.0. The number of likely N-dealkylation sites (tertiary alicyclic amines) is 1. The molecule has 0 radical (unpaired) electrons. The van der Waals surface area contributed by atoms with Gasteiger partial charge < -0.3 is 10.6 Å². The number of hydrogen-bond acceptors (Lipinski definition) is 2. The van der Waals surface area contributed by atoms with E-state index in [-0.39, 0.29) is 23.8 Å². The van der Waals surface area contributed by atoms with Crippen LogP contribution in [0, 0.1) is 5.82 Å². The van der Waals surface area contributed by atoms with Crippen LogP contribution in [0.3, 0.4) is 0 Å². The van der Waals surface area contributed by atoms with E-state index in [1.165, 1.54) is 12.1 Å². The number of benzene rings is 1. The zero-order valence-corrected chi connectivity index (χ0v) is 16.8. The van der Waals surface area contributed by atoms with E-state index in [1.54, 1.807) is 18.0 Å². The van der Waals surface area contributed by atoms with Gasteiger partial charge in [-0.05, 0) is 30.5 Å². The van der Waals surface area contributed by atoms with Gasteiger partial charge in [-0.1, -0.05) is 31.5 Å². The van der Waals surface area contributed by atoms with Gasteiger partial charge in [-0.3, -0.25) is 9.89 Å². The number of rotatable bonds is 6. The molecule has 1 aromatic carbocycles. The Morgan fingerprint density at radius 1 is 1.33 bits per heavy atom. The maximum absolute atomic E-state index is 13.3. The third-order valence-corrected chi connectivity index (χ3v) is 5.22. The van der Waals surface area contributed by atoms with Crippen LogP contribution in [0.5, 0.6) is 0 Å². The van der Waals surface area contributed by atoms with Gasteiger partial charge in [-0.2, -0.15) is 0 Å². The summed E-state index contributed by atoms with van der Waals surface area (Å²) >= 11 is 6.20. The molecular weight excluding hydrogens is 377 g/mol. The summed E-state index contributed by atoms with van der Waals surface area (Å²) in [5.74, 6) is 0.303.